The number of rotatable bonds is 5. The highest BCUT2D eigenvalue weighted by atomic mass is 19.4. The Labute approximate surface area is 263 Å². The number of benzene rings is 1. The van der Waals surface area contributed by atoms with E-state index in [-0.39, 0.29) is 23.7 Å². The second kappa shape index (κ2) is 11.3. The standard InChI is InChI=1S/C32H35F3N6O5/c1-18-14-24(46-37-18)21-12-9-13-39(21)29(42)27-23(17-44-6)40(30(43)45-31(2,3)4)26-16-25(32(33,34)35)36-41(26)28(27)22-15-19-10-7-8-11-20(19)38(22)5/h7-8,10-11,14-16,21,28H,9,12-13,17H2,1-6H3/t21-,28?/m0/s1. The molecule has 0 saturated carbocycles. The van der Waals surface area contributed by atoms with Crippen molar-refractivity contribution in [2.75, 3.05) is 25.2 Å². The fourth-order valence-electron chi connectivity index (χ4n) is 6.30. The fraction of sp³-hybridized carbons (Fsp3) is 0.438. The zero-order chi connectivity index (χ0) is 33.1. The molecule has 0 radical (unpaired) electrons. The average Bonchev–Trinajstić information content (AvgIpc) is 3.77. The van der Waals surface area contributed by atoms with Gasteiger partial charge in [-0.25, -0.2) is 14.4 Å². The molecule has 6 rings (SSSR count). The summed E-state index contributed by atoms with van der Waals surface area (Å²) in [5, 5.41) is 8.82. The second-order valence-electron chi connectivity index (χ2n) is 12.6. The number of halogens is 3. The molecular weight excluding hydrogens is 605 g/mol. The first-order valence-corrected chi connectivity index (χ1v) is 14.9. The van der Waals surface area contributed by atoms with Gasteiger partial charge in [0.15, 0.2) is 11.5 Å². The summed E-state index contributed by atoms with van der Waals surface area (Å²) in [4.78, 5) is 31.4. The van der Waals surface area contributed by atoms with Crippen LogP contribution in [0.5, 0.6) is 0 Å². The molecule has 3 aromatic heterocycles. The van der Waals surface area contributed by atoms with Gasteiger partial charge in [-0.05, 0) is 58.1 Å². The maximum Gasteiger partial charge on any atom is 0.435 e. The van der Waals surface area contributed by atoms with Crippen LogP contribution in [-0.2, 0) is 27.5 Å². The quantitative estimate of drug-likeness (QED) is 0.252. The molecule has 0 bridgehead atoms. The number of anilines is 1. The van der Waals surface area contributed by atoms with E-state index in [1.807, 2.05) is 34.9 Å². The number of aromatic nitrogens is 4. The summed E-state index contributed by atoms with van der Waals surface area (Å²) in [5.74, 6) is -0.205. The molecule has 2 aliphatic heterocycles. The Bertz CT molecular complexity index is 1850. The van der Waals surface area contributed by atoms with Gasteiger partial charge in [0.1, 0.15) is 17.5 Å². The van der Waals surface area contributed by atoms with Crippen molar-refractivity contribution in [2.24, 2.45) is 7.05 Å². The Hall–Kier alpha value is -4.59. The van der Waals surface area contributed by atoms with Gasteiger partial charge in [-0.3, -0.25) is 4.79 Å². The van der Waals surface area contributed by atoms with E-state index >= 15 is 0 Å². The summed E-state index contributed by atoms with van der Waals surface area (Å²) in [6, 6.07) is 10.2. The highest BCUT2D eigenvalue weighted by Crippen LogP contribution is 2.46. The number of ether oxygens (including phenoxy) is 2. The molecule has 1 fully saturated rings. The van der Waals surface area contributed by atoms with Gasteiger partial charge in [0, 0.05) is 44.0 Å². The lowest BCUT2D eigenvalue weighted by molar-refractivity contribution is -0.141. The van der Waals surface area contributed by atoms with Crippen molar-refractivity contribution in [1.82, 2.24) is 24.4 Å². The molecule has 0 aliphatic carbocycles. The van der Waals surface area contributed by atoms with E-state index in [2.05, 4.69) is 10.3 Å². The van der Waals surface area contributed by atoms with Crippen LogP contribution in [0.4, 0.5) is 23.8 Å². The lowest BCUT2D eigenvalue weighted by Gasteiger charge is -2.38. The number of amides is 2. The van der Waals surface area contributed by atoms with E-state index in [0.717, 1.165) is 26.6 Å². The van der Waals surface area contributed by atoms with Gasteiger partial charge >= 0.3 is 12.3 Å². The molecular formula is C32H35F3N6O5. The minimum absolute atomic E-state index is 0.0334. The van der Waals surface area contributed by atoms with Crippen LogP contribution in [0.25, 0.3) is 10.9 Å². The van der Waals surface area contributed by atoms with Gasteiger partial charge in [0.2, 0.25) is 0 Å². The van der Waals surface area contributed by atoms with Gasteiger partial charge in [-0.15, -0.1) is 0 Å². The number of para-hydroxylation sites is 1. The Morgan fingerprint density at radius 3 is 2.48 bits per heavy atom. The number of nitrogens with zero attached hydrogens (tertiary/aromatic N) is 6. The number of alkyl halides is 3. The summed E-state index contributed by atoms with van der Waals surface area (Å²) < 4.78 is 62.6. The van der Waals surface area contributed by atoms with Gasteiger partial charge < -0.3 is 23.5 Å². The third-order valence-electron chi connectivity index (χ3n) is 8.18. The zero-order valence-corrected chi connectivity index (χ0v) is 26.4. The van der Waals surface area contributed by atoms with Crippen LogP contribution >= 0.6 is 0 Å². The first-order chi connectivity index (χ1) is 21.7. The number of carbonyl (C=O) groups is 2. The molecule has 244 valence electrons. The molecule has 4 aromatic rings. The van der Waals surface area contributed by atoms with Crippen LogP contribution < -0.4 is 4.90 Å². The van der Waals surface area contributed by atoms with Crippen LogP contribution in [0.15, 0.2) is 58.3 Å². The number of methoxy groups -OCH3 is 1. The molecule has 0 spiro atoms. The van der Waals surface area contributed by atoms with Gasteiger partial charge in [0.05, 0.1) is 29.6 Å². The average molecular weight is 641 g/mol. The van der Waals surface area contributed by atoms with E-state index in [0.29, 0.717) is 36.5 Å². The fourth-order valence-corrected chi connectivity index (χ4v) is 6.30. The summed E-state index contributed by atoms with van der Waals surface area (Å²) >= 11 is 0. The molecule has 2 atom stereocenters. The van der Waals surface area contributed by atoms with Crippen LogP contribution in [0.3, 0.4) is 0 Å². The molecule has 0 N–H and O–H groups in total. The smallest absolute Gasteiger partial charge is 0.435 e. The minimum Gasteiger partial charge on any atom is -0.443 e. The Morgan fingerprint density at radius 2 is 1.85 bits per heavy atom. The zero-order valence-electron chi connectivity index (χ0n) is 26.4. The van der Waals surface area contributed by atoms with E-state index in [1.54, 1.807) is 45.7 Å². The number of likely N-dealkylation sites (tertiary alicyclic amines) is 1. The first-order valence-electron chi connectivity index (χ1n) is 14.9. The minimum atomic E-state index is -4.84. The first kappa shape index (κ1) is 31.4. The lowest BCUT2D eigenvalue weighted by atomic mass is 9.96. The molecule has 2 aliphatic rings. The van der Waals surface area contributed by atoms with Crippen molar-refractivity contribution in [3.8, 4) is 0 Å². The van der Waals surface area contributed by atoms with Crippen molar-refractivity contribution in [3.63, 3.8) is 0 Å². The number of hydrogen-bond donors (Lipinski definition) is 0. The van der Waals surface area contributed by atoms with Crippen molar-refractivity contribution >= 4 is 28.7 Å². The molecule has 2 amide bonds. The highest BCUT2D eigenvalue weighted by Gasteiger charge is 2.48. The monoisotopic (exact) mass is 640 g/mol. The van der Waals surface area contributed by atoms with Crippen molar-refractivity contribution < 1.29 is 36.8 Å². The molecule has 1 unspecified atom stereocenters. The number of fused-ring (bicyclic) bond motifs is 2. The molecule has 14 heteroatoms. The van der Waals surface area contributed by atoms with E-state index < -0.39 is 41.6 Å². The number of carbonyl (C=O) groups excluding carboxylic acids is 2. The molecule has 1 aromatic carbocycles. The third-order valence-corrected chi connectivity index (χ3v) is 8.18. The molecule has 5 heterocycles. The van der Waals surface area contributed by atoms with Gasteiger partial charge in [-0.2, -0.15) is 18.3 Å². The van der Waals surface area contributed by atoms with Crippen LogP contribution in [0.1, 0.15) is 68.5 Å². The summed E-state index contributed by atoms with van der Waals surface area (Å²) in [7, 11) is 3.16. The van der Waals surface area contributed by atoms with Gasteiger partial charge in [0.25, 0.3) is 5.91 Å². The molecule has 11 nitrogen and oxygen atoms in total. The lowest BCUT2D eigenvalue weighted by Crippen LogP contribution is -2.46. The molecule has 1 saturated heterocycles. The van der Waals surface area contributed by atoms with E-state index in [9.17, 15) is 22.8 Å². The Balaban J connectivity index is 1.64. The highest BCUT2D eigenvalue weighted by molar-refractivity contribution is 6.02. The van der Waals surface area contributed by atoms with Crippen LogP contribution in [0, 0.1) is 6.92 Å². The summed E-state index contributed by atoms with van der Waals surface area (Å²) in [6.45, 7) is 6.78. The van der Waals surface area contributed by atoms with Crippen molar-refractivity contribution in [2.45, 2.75) is 64.4 Å². The topological polar surface area (TPSA) is 108 Å². The maximum atomic E-state index is 15.0. The van der Waals surface area contributed by atoms with Crippen molar-refractivity contribution in [3.05, 3.63) is 76.6 Å². The number of aryl methyl sites for hydroxylation is 2. The maximum absolute atomic E-state index is 15.0. The predicted molar refractivity (Wildman–Crippen MR) is 161 cm³/mol. The number of hydrogen-bond acceptors (Lipinski definition) is 7. The summed E-state index contributed by atoms with van der Waals surface area (Å²) in [5.41, 5.74) is -0.199. The van der Waals surface area contributed by atoms with Crippen LogP contribution in [0.2, 0.25) is 0 Å². The molecule has 46 heavy (non-hydrogen) atoms. The SMILES string of the molecule is COCC1=C(C(=O)N2CCC[C@H]2c2cc(C)no2)C(c2cc3ccccc3n2C)n2nc(C(F)(F)F)cc2N1C(=O)OC(C)(C)C. The Morgan fingerprint density at radius 1 is 1.11 bits per heavy atom. The van der Waals surface area contributed by atoms with E-state index in [4.69, 9.17) is 14.0 Å². The summed E-state index contributed by atoms with van der Waals surface area (Å²) in [6.07, 6.45) is -4.57. The third kappa shape index (κ3) is 5.44. The Kier molecular flexibility index (Phi) is 7.74. The van der Waals surface area contributed by atoms with E-state index in [1.165, 1.54) is 7.11 Å². The van der Waals surface area contributed by atoms with Gasteiger partial charge in [-0.1, -0.05) is 23.4 Å². The second-order valence-corrected chi connectivity index (χ2v) is 12.6. The predicted octanol–water partition coefficient (Wildman–Crippen LogP) is 6.30. The normalized spacial score (nSPS) is 18.9. The largest absolute Gasteiger partial charge is 0.443 e. The van der Waals surface area contributed by atoms with Crippen LogP contribution in [-0.4, -0.2) is 62.3 Å². The van der Waals surface area contributed by atoms with Crippen molar-refractivity contribution in [1.29, 1.82) is 0 Å².